The van der Waals surface area contributed by atoms with Crippen LogP contribution in [0.15, 0.2) is 10.9 Å². The summed E-state index contributed by atoms with van der Waals surface area (Å²) >= 11 is 3.07. The van der Waals surface area contributed by atoms with Gasteiger partial charge in [0, 0.05) is 0 Å². The second-order valence-electron chi connectivity index (χ2n) is 4.49. The third-order valence-electron chi connectivity index (χ3n) is 2.99. The monoisotopic (exact) mass is 401 g/mol. The number of ether oxygens (including phenoxy) is 1. The van der Waals surface area contributed by atoms with Crippen LogP contribution < -0.4 is 5.73 Å². The van der Waals surface area contributed by atoms with E-state index in [9.17, 15) is 19.6 Å². The first-order valence-corrected chi connectivity index (χ1v) is 8.18. The van der Waals surface area contributed by atoms with Crippen LogP contribution in [-0.2, 0) is 13.8 Å². The fourth-order valence-corrected chi connectivity index (χ4v) is 2.89. The predicted molar refractivity (Wildman–Crippen MR) is 72.4 cm³/mol. The molecular weight excluding hydrogens is 389 g/mol. The Balaban J connectivity index is 2.16. The average Bonchev–Trinajstić information content (AvgIpc) is 2.90. The number of amides is 1. The Bertz CT molecular complexity index is 618. The molecule has 4 atom stereocenters. The van der Waals surface area contributed by atoms with E-state index >= 15 is 0 Å². The van der Waals surface area contributed by atoms with Gasteiger partial charge in [-0.3, -0.25) is 13.9 Å². The van der Waals surface area contributed by atoms with Crippen LogP contribution in [0.5, 0.6) is 0 Å². The predicted octanol–water partition coefficient (Wildman–Crippen LogP) is -1.53. The summed E-state index contributed by atoms with van der Waals surface area (Å²) < 4.78 is 21.6. The molecule has 13 heteroatoms. The fraction of sp³-hybridized carbons (Fsp3) is 0.556. The third-order valence-corrected chi connectivity index (χ3v) is 4.26. The van der Waals surface area contributed by atoms with Crippen LogP contribution in [-0.4, -0.2) is 60.4 Å². The Morgan fingerprint density at radius 3 is 2.64 bits per heavy atom. The number of aliphatic hydroxyl groups is 2. The Morgan fingerprint density at radius 2 is 2.14 bits per heavy atom. The number of imidazole rings is 1. The van der Waals surface area contributed by atoms with Gasteiger partial charge in [0.15, 0.2) is 11.9 Å². The number of nitrogens with zero attached hydrogens (tertiary/aromatic N) is 2. The summed E-state index contributed by atoms with van der Waals surface area (Å²) in [4.78, 5) is 32.1. The molecule has 0 radical (unpaired) electrons. The molecule has 0 aromatic carbocycles. The number of phosphoric acid groups is 1. The van der Waals surface area contributed by atoms with Gasteiger partial charge in [-0.2, -0.15) is 0 Å². The van der Waals surface area contributed by atoms with E-state index in [2.05, 4.69) is 25.4 Å². The van der Waals surface area contributed by atoms with Gasteiger partial charge in [0.05, 0.1) is 12.9 Å². The normalized spacial score (nSPS) is 29.0. The molecule has 0 aliphatic carbocycles. The van der Waals surface area contributed by atoms with Gasteiger partial charge < -0.3 is 30.5 Å². The van der Waals surface area contributed by atoms with Crippen molar-refractivity contribution >= 4 is 29.7 Å². The molecular formula is C9H13BrN3O8P. The smallest absolute Gasteiger partial charge is 0.387 e. The van der Waals surface area contributed by atoms with Crippen molar-refractivity contribution in [2.45, 2.75) is 24.5 Å². The first kappa shape index (κ1) is 17.5. The maximum absolute atomic E-state index is 11.1. The molecule has 2 rings (SSSR count). The van der Waals surface area contributed by atoms with E-state index in [0.717, 1.165) is 6.33 Å². The number of primary amides is 1. The van der Waals surface area contributed by atoms with Gasteiger partial charge in [0.25, 0.3) is 5.91 Å². The maximum Gasteiger partial charge on any atom is 0.469 e. The average molecular weight is 402 g/mol. The summed E-state index contributed by atoms with van der Waals surface area (Å²) in [6.45, 7) is -0.631. The summed E-state index contributed by atoms with van der Waals surface area (Å²) in [5.74, 6) is -0.806. The first-order valence-electron chi connectivity index (χ1n) is 5.85. The number of hydrogen-bond acceptors (Lipinski definition) is 7. The number of carbonyl (C=O) groups excluding carboxylic acids is 1. The summed E-state index contributed by atoms with van der Waals surface area (Å²) in [5.41, 5.74) is 5.01. The van der Waals surface area contributed by atoms with Crippen LogP contribution in [0.2, 0.25) is 0 Å². The number of aromatic nitrogens is 2. The van der Waals surface area contributed by atoms with Gasteiger partial charge in [0.2, 0.25) is 0 Å². The van der Waals surface area contributed by atoms with Gasteiger partial charge in [-0.1, -0.05) is 0 Å². The summed E-state index contributed by atoms with van der Waals surface area (Å²) in [6.07, 6.45) is -4.05. The van der Waals surface area contributed by atoms with E-state index in [-0.39, 0.29) is 10.3 Å². The standard InChI is InChI=1S/C9H13BrN3O8P/c10-7-4(8(11)16)12-2-13(7)9-6(15)5(14)3(21-9)1-20-22(17,18)19/h2-3,5-6,9,14-15H,1H2,(H2,11,16)(H2,17,18,19)/t3-,5-,6-,9-/m1/s1. The van der Waals surface area contributed by atoms with Crippen LogP contribution in [0.3, 0.4) is 0 Å². The highest BCUT2D eigenvalue weighted by Crippen LogP contribution is 2.39. The number of rotatable bonds is 5. The van der Waals surface area contributed by atoms with Gasteiger partial charge in [-0.25, -0.2) is 9.55 Å². The van der Waals surface area contributed by atoms with Gasteiger partial charge in [-0.05, 0) is 15.9 Å². The van der Waals surface area contributed by atoms with Gasteiger partial charge >= 0.3 is 7.82 Å². The second kappa shape index (κ2) is 6.34. The van der Waals surface area contributed by atoms with E-state index < -0.39 is 44.9 Å². The molecule has 1 aromatic heterocycles. The summed E-state index contributed by atoms with van der Waals surface area (Å²) in [5, 5.41) is 19.8. The van der Waals surface area contributed by atoms with Crippen LogP contribution in [0.25, 0.3) is 0 Å². The number of aliphatic hydroxyl groups excluding tert-OH is 2. The third kappa shape index (κ3) is 3.55. The largest absolute Gasteiger partial charge is 0.469 e. The Morgan fingerprint density at radius 1 is 1.50 bits per heavy atom. The molecule has 22 heavy (non-hydrogen) atoms. The van der Waals surface area contributed by atoms with E-state index in [0.29, 0.717) is 0 Å². The molecule has 0 saturated carbocycles. The zero-order valence-electron chi connectivity index (χ0n) is 10.8. The molecule has 0 bridgehead atoms. The molecule has 1 fully saturated rings. The molecule has 11 nitrogen and oxygen atoms in total. The first-order chi connectivity index (χ1) is 10.1. The van der Waals surface area contributed by atoms with Crippen molar-refractivity contribution in [3.63, 3.8) is 0 Å². The zero-order chi connectivity index (χ0) is 16.7. The van der Waals surface area contributed by atoms with Crippen LogP contribution in [0.1, 0.15) is 16.7 Å². The number of hydrogen-bond donors (Lipinski definition) is 5. The van der Waals surface area contributed by atoms with Crippen molar-refractivity contribution in [2.75, 3.05) is 6.61 Å². The molecule has 1 saturated heterocycles. The van der Waals surface area contributed by atoms with Crippen molar-refractivity contribution < 1.29 is 38.6 Å². The zero-order valence-corrected chi connectivity index (χ0v) is 13.3. The second-order valence-corrected chi connectivity index (χ2v) is 6.48. The van der Waals surface area contributed by atoms with E-state index in [1.165, 1.54) is 4.57 Å². The Kier molecular flexibility index (Phi) is 5.04. The van der Waals surface area contributed by atoms with Crippen LogP contribution in [0, 0.1) is 0 Å². The molecule has 2 heterocycles. The number of carbonyl (C=O) groups is 1. The van der Waals surface area contributed by atoms with E-state index in [1.807, 2.05) is 0 Å². The molecule has 1 aliphatic heterocycles. The lowest BCUT2D eigenvalue weighted by Crippen LogP contribution is -2.33. The summed E-state index contributed by atoms with van der Waals surface area (Å²) in [6, 6.07) is 0. The Hall–Kier alpha value is -0.850. The molecule has 6 N–H and O–H groups in total. The topological polar surface area (TPSA) is 177 Å². The SMILES string of the molecule is NC(=O)c1ncn([C@@H]2O[C@H](COP(=O)(O)O)[C@@H](O)[C@H]2O)c1Br. The molecule has 1 aliphatic rings. The fourth-order valence-electron chi connectivity index (χ4n) is 1.96. The molecule has 1 amide bonds. The number of nitrogens with two attached hydrogens (primary N) is 1. The molecule has 0 spiro atoms. The van der Waals surface area contributed by atoms with E-state index in [1.54, 1.807) is 0 Å². The quantitative estimate of drug-likeness (QED) is 0.366. The minimum atomic E-state index is -4.74. The van der Waals surface area contributed by atoms with Crippen LogP contribution in [0.4, 0.5) is 0 Å². The highest BCUT2D eigenvalue weighted by molar-refractivity contribution is 9.10. The van der Waals surface area contributed by atoms with Crippen molar-refractivity contribution in [1.29, 1.82) is 0 Å². The molecule has 0 unspecified atom stereocenters. The number of phosphoric ester groups is 1. The van der Waals surface area contributed by atoms with Crippen molar-refractivity contribution in [3.05, 3.63) is 16.6 Å². The lowest BCUT2D eigenvalue weighted by atomic mass is 10.1. The Labute approximate surface area is 132 Å². The lowest BCUT2D eigenvalue weighted by Gasteiger charge is -2.17. The summed E-state index contributed by atoms with van der Waals surface area (Å²) in [7, 11) is -4.74. The highest BCUT2D eigenvalue weighted by Gasteiger charge is 2.45. The van der Waals surface area contributed by atoms with E-state index in [4.69, 9.17) is 20.3 Å². The van der Waals surface area contributed by atoms with Crippen LogP contribution >= 0.6 is 23.8 Å². The maximum atomic E-state index is 11.1. The number of halogens is 1. The lowest BCUT2D eigenvalue weighted by molar-refractivity contribution is -0.0530. The van der Waals surface area contributed by atoms with Gasteiger partial charge in [0.1, 0.15) is 22.9 Å². The van der Waals surface area contributed by atoms with Crippen molar-refractivity contribution in [1.82, 2.24) is 9.55 Å². The van der Waals surface area contributed by atoms with Crippen molar-refractivity contribution in [2.24, 2.45) is 5.73 Å². The molecule has 1 aromatic rings. The van der Waals surface area contributed by atoms with Gasteiger partial charge in [-0.15, -0.1) is 0 Å². The minimum absolute atomic E-state index is 0.0970. The van der Waals surface area contributed by atoms with Crippen molar-refractivity contribution in [3.8, 4) is 0 Å². The minimum Gasteiger partial charge on any atom is -0.387 e. The molecule has 124 valence electrons. The highest BCUT2D eigenvalue weighted by atomic mass is 79.9.